The number of hydrogen-bond donors (Lipinski definition) is 3. The minimum Gasteiger partial charge on any atom is -0.450 e. The molecule has 0 aliphatic carbocycles. The highest BCUT2D eigenvalue weighted by molar-refractivity contribution is 5.88. The number of aromatic nitrogens is 3. The monoisotopic (exact) mass is 639 g/mol. The van der Waals surface area contributed by atoms with Crippen LogP contribution in [0.2, 0.25) is 0 Å². The van der Waals surface area contributed by atoms with E-state index in [4.69, 9.17) is 29.2 Å². The lowest BCUT2D eigenvalue weighted by Crippen LogP contribution is -2.34. The van der Waals surface area contributed by atoms with Crippen molar-refractivity contribution < 1.29 is 57.8 Å². The van der Waals surface area contributed by atoms with Gasteiger partial charge in [-0.3, -0.25) is 5.32 Å². The molecule has 0 aromatic carbocycles. The number of carboxylic acid groups (broad SMARTS) is 2. The Bertz CT molecular complexity index is 1300. The highest BCUT2D eigenvalue weighted by Gasteiger charge is 2.43. The maximum atomic E-state index is 11.9. The number of amides is 1. The Morgan fingerprint density at radius 1 is 0.978 bits per heavy atom. The van der Waals surface area contributed by atoms with Crippen LogP contribution in [0.4, 0.5) is 25.0 Å². The van der Waals surface area contributed by atoms with Crippen LogP contribution in [0.15, 0.2) is 18.5 Å². The van der Waals surface area contributed by atoms with Gasteiger partial charge in [-0.15, -0.1) is 0 Å². The zero-order chi connectivity index (χ0) is 34.3. The number of nitrogens with zero attached hydrogens (tertiary/aromatic N) is 4. The number of nitrogens with one attached hydrogen (secondary N) is 1. The second kappa shape index (κ2) is 18.1. The molecule has 1 aliphatic heterocycles. The Balaban J connectivity index is 0.000000601. The molecule has 1 amide bonds. The van der Waals surface area contributed by atoms with E-state index in [1.807, 2.05) is 0 Å². The largest absolute Gasteiger partial charge is 0.508 e. The van der Waals surface area contributed by atoms with Crippen LogP contribution in [0.5, 0.6) is 0 Å². The topological polar surface area (TPSA) is 230 Å². The molecule has 2 aromatic heterocycles. The molecule has 3 rings (SSSR count). The molecule has 1 saturated heterocycles. The van der Waals surface area contributed by atoms with Gasteiger partial charge in [-0.25, -0.2) is 28.7 Å². The molecule has 3 N–H and O–H groups in total. The fourth-order valence-electron chi connectivity index (χ4n) is 3.62. The maximum absolute atomic E-state index is 11.9. The van der Waals surface area contributed by atoms with Crippen LogP contribution in [-0.4, -0.2) is 86.0 Å². The van der Waals surface area contributed by atoms with Crippen molar-refractivity contribution in [3.8, 4) is 6.07 Å². The van der Waals surface area contributed by atoms with Gasteiger partial charge >= 0.3 is 24.6 Å². The summed E-state index contributed by atoms with van der Waals surface area (Å²) >= 11 is 0. The standard InChI is InChI=1S/C20H25N5O6.2C4H8O3/c1-12(2)29-18(26)24-17-15-6-5-14(25(15)23-11-22-17)16-7-8-20(9-21,31-16)10-28-19(27)30-13(3)4;2*1-3(2)7-4(5)6/h5-6,11-13,16H,7-8,10H2,1-4H3,(H,22,23,24,26);2*3H,1-2H3,(H,5,6). The molecule has 2 aromatic rings. The third-order valence-corrected chi connectivity index (χ3v) is 5.18. The second-order valence-electron chi connectivity index (χ2n) is 10.6. The minimum absolute atomic E-state index is 0.225. The van der Waals surface area contributed by atoms with E-state index in [0.29, 0.717) is 24.1 Å². The van der Waals surface area contributed by atoms with Crippen molar-refractivity contribution in [3.63, 3.8) is 0 Å². The van der Waals surface area contributed by atoms with Crippen LogP contribution in [0.25, 0.3) is 5.52 Å². The predicted molar refractivity (Wildman–Crippen MR) is 156 cm³/mol. The van der Waals surface area contributed by atoms with Gasteiger partial charge in [-0.05, 0) is 80.4 Å². The highest BCUT2D eigenvalue weighted by Crippen LogP contribution is 2.40. The molecule has 0 saturated carbocycles. The van der Waals surface area contributed by atoms with E-state index in [1.165, 1.54) is 6.33 Å². The van der Waals surface area contributed by atoms with Crippen molar-refractivity contribution in [3.05, 3.63) is 24.2 Å². The summed E-state index contributed by atoms with van der Waals surface area (Å²) in [5.74, 6) is 0.288. The summed E-state index contributed by atoms with van der Waals surface area (Å²) in [5.41, 5.74) is -0.0485. The number of ether oxygens (including phenoxy) is 6. The van der Waals surface area contributed by atoms with Gasteiger partial charge in [-0.2, -0.15) is 10.4 Å². The van der Waals surface area contributed by atoms with Gasteiger partial charge in [0.15, 0.2) is 11.4 Å². The Kier molecular flexibility index (Phi) is 15.3. The molecule has 45 heavy (non-hydrogen) atoms. The number of rotatable bonds is 8. The summed E-state index contributed by atoms with van der Waals surface area (Å²) in [4.78, 5) is 46.9. The molecule has 0 bridgehead atoms. The quantitative estimate of drug-likeness (QED) is 0.238. The van der Waals surface area contributed by atoms with E-state index in [9.17, 15) is 24.4 Å². The number of hydrogen-bond acceptors (Lipinski definition) is 13. The molecular formula is C28H41N5O12. The Morgan fingerprint density at radius 2 is 1.53 bits per heavy atom. The smallest absolute Gasteiger partial charge is 0.450 e. The van der Waals surface area contributed by atoms with Gasteiger partial charge in [0, 0.05) is 0 Å². The SMILES string of the molecule is CC(C)OC(=O)Nc1ncnn2c(C3CCC(C#N)(COC(=O)OC(C)C)O3)ccc12.CC(C)OC(=O)O.CC(C)OC(=O)O. The van der Waals surface area contributed by atoms with Crippen LogP contribution < -0.4 is 5.32 Å². The normalized spacial score (nSPS) is 17.0. The van der Waals surface area contributed by atoms with Gasteiger partial charge in [0.2, 0.25) is 0 Å². The molecule has 250 valence electrons. The van der Waals surface area contributed by atoms with Crippen molar-refractivity contribution in [1.82, 2.24) is 14.6 Å². The highest BCUT2D eigenvalue weighted by atomic mass is 16.7. The molecule has 1 aliphatic rings. The van der Waals surface area contributed by atoms with Crippen molar-refractivity contribution >= 4 is 35.9 Å². The molecule has 0 radical (unpaired) electrons. The molecule has 17 nitrogen and oxygen atoms in total. The fraction of sp³-hybridized carbons (Fsp3) is 0.607. The van der Waals surface area contributed by atoms with Crippen LogP contribution in [-0.2, 0) is 28.4 Å². The van der Waals surface area contributed by atoms with Crippen LogP contribution in [0.3, 0.4) is 0 Å². The first-order valence-electron chi connectivity index (χ1n) is 14.0. The molecule has 17 heteroatoms. The third-order valence-electron chi connectivity index (χ3n) is 5.18. The summed E-state index contributed by atoms with van der Waals surface area (Å²) in [6.07, 6.45) is -3.21. The van der Waals surface area contributed by atoms with Gasteiger partial charge in [0.25, 0.3) is 0 Å². The lowest BCUT2D eigenvalue weighted by atomic mass is 10.0. The first kappa shape index (κ1) is 38.2. The first-order chi connectivity index (χ1) is 21.0. The van der Waals surface area contributed by atoms with Crippen molar-refractivity contribution in [2.24, 2.45) is 0 Å². The summed E-state index contributed by atoms with van der Waals surface area (Å²) in [6.45, 7) is 13.3. The van der Waals surface area contributed by atoms with E-state index in [0.717, 1.165) is 0 Å². The summed E-state index contributed by atoms with van der Waals surface area (Å²) in [6, 6.07) is 5.64. The average Bonchev–Trinajstić information content (AvgIpc) is 3.51. The molecule has 3 heterocycles. The average molecular weight is 640 g/mol. The number of fused-ring (bicyclic) bond motifs is 1. The fourth-order valence-corrected chi connectivity index (χ4v) is 3.62. The third kappa shape index (κ3) is 14.0. The van der Waals surface area contributed by atoms with Crippen LogP contribution in [0, 0.1) is 11.3 Å². The summed E-state index contributed by atoms with van der Waals surface area (Å²) in [7, 11) is 0. The first-order valence-corrected chi connectivity index (χ1v) is 14.0. The van der Waals surface area contributed by atoms with Gasteiger partial charge in [-0.1, -0.05) is 0 Å². The van der Waals surface area contributed by atoms with Crippen LogP contribution in [0.1, 0.15) is 80.0 Å². The van der Waals surface area contributed by atoms with Crippen molar-refractivity contribution in [2.45, 2.75) is 104 Å². The number of anilines is 1. The summed E-state index contributed by atoms with van der Waals surface area (Å²) < 4.78 is 31.0. The molecule has 0 spiro atoms. The number of nitriles is 1. The van der Waals surface area contributed by atoms with E-state index in [1.54, 1.807) is 72.0 Å². The summed E-state index contributed by atoms with van der Waals surface area (Å²) in [5, 5.41) is 32.2. The van der Waals surface area contributed by atoms with Gasteiger partial charge in [0.1, 0.15) is 30.6 Å². The van der Waals surface area contributed by atoms with Gasteiger partial charge < -0.3 is 38.6 Å². The predicted octanol–water partition coefficient (Wildman–Crippen LogP) is 5.54. The minimum atomic E-state index is -1.28. The Morgan fingerprint density at radius 3 is 2.00 bits per heavy atom. The van der Waals surface area contributed by atoms with Crippen molar-refractivity contribution in [1.29, 1.82) is 5.26 Å². The molecule has 2 unspecified atom stereocenters. The van der Waals surface area contributed by atoms with E-state index < -0.39 is 36.3 Å². The molecule has 2 atom stereocenters. The van der Waals surface area contributed by atoms with E-state index in [-0.39, 0.29) is 36.8 Å². The number of carbonyl (C=O) groups is 4. The molecule has 1 fully saturated rings. The van der Waals surface area contributed by atoms with E-state index in [2.05, 4.69) is 30.9 Å². The van der Waals surface area contributed by atoms with Crippen LogP contribution >= 0.6 is 0 Å². The lowest BCUT2D eigenvalue weighted by Gasteiger charge is -2.21. The second-order valence-corrected chi connectivity index (χ2v) is 10.6. The van der Waals surface area contributed by atoms with E-state index >= 15 is 0 Å². The Labute approximate surface area is 260 Å². The van der Waals surface area contributed by atoms with Crippen molar-refractivity contribution in [2.75, 3.05) is 11.9 Å². The molecular weight excluding hydrogens is 598 g/mol. The zero-order valence-corrected chi connectivity index (χ0v) is 26.5. The Hall–Kier alpha value is -4.85. The maximum Gasteiger partial charge on any atom is 0.508 e. The lowest BCUT2D eigenvalue weighted by molar-refractivity contribution is -0.0584. The zero-order valence-electron chi connectivity index (χ0n) is 26.5. The number of carbonyl (C=O) groups excluding carboxylic acids is 2. The van der Waals surface area contributed by atoms with Gasteiger partial charge in [0.05, 0.1) is 30.1 Å².